The number of pyridine rings is 1. The van der Waals surface area contributed by atoms with Crippen molar-refractivity contribution in [3.05, 3.63) is 16.8 Å². The van der Waals surface area contributed by atoms with Crippen molar-refractivity contribution in [1.82, 2.24) is 14.8 Å². The topological polar surface area (TPSA) is 66.2 Å². The lowest BCUT2D eigenvalue weighted by Crippen LogP contribution is -2.19. The van der Waals surface area contributed by atoms with Crippen molar-refractivity contribution >= 4 is 28.9 Å². The van der Waals surface area contributed by atoms with Crippen molar-refractivity contribution in [2.75, 3.05) is 13.7 Å². The quantitative estimate of drug-likeness (QED) is 0.643. The van der Waals surface area contributed by atoms with Gasteiger partial charge in [-0.15, -0.1) is 5.10 Å². The minimum Gasteiger partial charge on any atom is -0.478 e. The van der Waals surface area contributed by atoms with Gasteiger partial charge in [0.15, 0.2) is 18.0 Å². The summed E-state index contributed by atoms with van der Waals surface area (Å²) in [6, 6.07) is 1.53. The molecule has 0 radical (unpaired) electrons. The molecule has 106 valence electrons. The summed E-state index contributed by atoms with van der Waals surface area (Å²) in [5, 5.41) is 4.61. The van der Waals surface area contributed by atoms with E-state index in [4.69, 9.17) is 21.1 Å². The second kappa shape index (κ2) is 5.38. The number of carbonyl (C=O) groups is 1. The molecule has 2 aromatic heterocycles. The zero-order chi connectivity index (χ0) is 14.1. The van der Waals surface area contributed by atoms with Crippen LogP contribution in [-0.2, 0) is 4.74 Å². The minimum absolute atomic E-state index is 0.197. The van der Waals surface area contributed by atoms with Crippen LogP contribution in [0.3, 0.4) is 0 Å². The van der Waals surface area contributed by atoms with Crippen molar-refractivity contribution in [1.29, 1.82) is 0 Å². The third kappa shape index (κ3) is 2.14. The Balaban J connectivity index is 2.23. The molecule has 0 aromatic carbocycles. The lowest BCUT2D eigenvalue weighted by Gasteiger charge is -2.23. The molecule has 1 aliphatic rings. The molecule has 3 rings (SSSR count). The highest BCUT2D eigenvalue weighted by Gasteiger charge is 2.24. The summed E-state index contributed by atoms with van der Waals surface area (Å²) in [7, 11) is 1.51. The second-order valence-electron chi connectivity index (χ2n) is 4.62. The van der Waals surface area contributed by atoms with E-state index < -0.39 is 0 Å². The predicted molar refractivity (Wildman–Crippen MR) is 73.3 cm³/mol. The summed E-state index contributed by atoms with van der Waals surface area (Å²) in [5.41, 5.74) is 1.52. The van der Waals surface area contributed by atoms with Gasteiger partial charge in [0.1, 0.15) is 10.7 Å². The number of methoxy groups -OCH3 is 1. The first-order chi connectivity index (χ1) is 9.74. The first-order valence-electron chi connectivity index (χ1n) is 6.44. The van der Waals surface area contributed by atoms with Crippen LogP contribution in [-0.4, -0.2) is 34.8 Å². The number of aldehydes is 1. The Morgan fingerprint density at radius 1 is 1.55 bits per heavy atom. The largest absolute Gasteiger partial charge is 0.478 e. The van der Waals surface area contributed by atoms with Gasteiger partial charge in [-0.2, -0.15) is 0 Å². The fourth-order valence-electron chi connectivity index (χ4n) is 2.46. The number of halogens is 1. The lowest BCUT2D eigenvalue weighted by atomic mass is 10.2. The Labute approximate surface area is 120 Å². The van der Waals surface area contributed by atoms with E-state index in [0.717, 1.165) is 25.5 Å². The van der Waals surface area contributed by atoms with E-state index in [1.807, 2.05) is 0 Å². The molecule has 0 saturated carbocycles. The average Bonchev–Trinajstić information content (AvgIpc) is 2.85. The van der Waals surface area contributed by atoms with Crippen molar-refractivity contribution in [3.8, 4) is 5.88 Å². The molecule has 3 heterocycles. The van der Waals surface area contributed by atoms with Crippen LogP contribution in [0.5, 0.6) is 5.88 Å². The second-order valence-corrected chi connectivity index (χ2v) is 5.01. The molecular formula is C13H14ClN3O3. The van der Waals surface area contributed by atoms with E-state index in [1.165, 1.54) is 13.2 Å². The number of hydrogen-bond donors (Lipinski definition) is 0. The van der Waals surface area contributed by atoms with Crippen molar-refractivity contribution in [2.45, 2.75) is 25.5 Å². The summed E-state index contributed by atoms with van der Waals surface area (Å²) < 4.78 is 12.6. The van der Waals surface area contributed by atoms with Crippen LogP contribution in [0.15, 0.2) is 6.07 Å². The Morgan fingerprint density at radius 2 is 2.40 bits per heavy atom. The summed E-state index contributed by atoms with van der Waals surface area (Å²) >= 11 is 5.93. The summed E-state index contributed by atoms with van der Waals surface area (Å²) in [5.74, 6) is 0.347. The third-order valence-electron chi connectivity index (χ3n) is 3.37. The molecule has 0 spiro atoms. The number of fused-ring (bicyclic) bond motifs is 1. The first kappa shape index (κ1) is 13.3. The molecule has 1 unspecified atom stereocenters. The highest BCUT2D eigenvalue weighted by Crippen LogP contribution is 2.32. The lowest BCUT2D eigenvalue weighted by molar-refractivity contribution is -0.0371. The summed E-state index contributed by atoms with van der Waals surface area (Å²) in [4.78, 5) is 15.5. The van der Waals surface area contributed by atoms with Crippen LogP contribution in [0.2, 0.25) is 5.15 Å². The fourth-order valence-corrected chi connectivity index (χ4v) is 2.66. The van der Waals surface area contributed by atoms with Crippen LogP contribution in [0.4, 0.5) is 0 Å². The molecule has 6 nitrogen and oxygen atoms in total. The standard InChI is InChI=1S/C13H14ClN3O3/c1-19-13-11-12(8(7-18)6-9(14)15-11)17(16-13)10-4-2-3-5-20-10/h6-7,10H,2-5H2,1H3. The molecule has 0 amide bonds. The Morgan fingerprint density at radius 3 is 3.05 bits per heavy atom. The van der Waals surface area contributed by atoms with E-state index in [2.05, 4.69) is 10.1 Å². The highest BCUT2D eigenvalue weighted by atomic mass is 35.5. The average molecular weight is 296 g/mol. The molecule has 7 heteroatoms. The molecule has 0 N–H and O–H groups in total. The smallest absolute Gasteiger partial charge is 0.259 e. The van der Waals surface area contributed by atoms with E-state index in [9.17, 15) is 4.79 Å². The maximum absolute atomic E-state index is 11.3. The van der Waals surface area contributed by atoms with Gasteiger partial charge in [0.2, 0.25) is 0 Å². The number of nitrogens with zero attached hydrogens (tertiary/aromatic N) is 3. The van der Waals surface area contributed by atoms with Gasteiger partial charge in [0.05, 0.1) is 7.11 Å². The maximum Gasteiger partial charge on any atom is 0.259 e. The van der Waals surface area contributed by atoms with Crippen LogP contribution in [0.1, 0.15) is 35.8 Å². The number of hydrogen-bond acceptors (Lipinski definition) is 5. The first-order valence-corrected chi connectivity index (χ1v) is 6.82. The van der Waals surface area contributed by atoms with Crippen molar-refractivity contribution in [3.63, 3.8) is 0 Å². The Bertz CT molecular complexity index is 650. The van der Waals surface area contributed by atoms with Gasteiger partial charge in [-0.25, -0.2) is 9.67 Å². The number of aromatic nitrogens is 3. The van der Waals surface area contributed by atoms with Crippen LogP contribution < -0.4 is 4.74 Å². The molecule has 0 aliphatic carbocycles. The molecule has 1 saturated heterocycles. The maximum atomic E-state index is 11.3. The monoisotopic (exact) mass is 295 g/mol. The normalized spacial score (nSPS) is 19.2. The SMILES string of the molecule is COc1nn(C2CCCCO2)c2c(C=O)cc(Cl)nc12. The molecular weight excluding hydrogens is 282 g/mol. The van der Waals surface area contributed by atoms with Gasteiger partial charge in [0.25, 0.3) is 5.88 Å². The third-order valence-corrected chi connectivity index (χ3v) is 3.56. The van der Waals surface area contributed by atoms with Gasteiger partial charge in [-0.1, -0.05) is 11.6 Å². The number of carbonyl (C=O) groups excluding carboxylic acids is 1. The van der Waals surface area contributed by atoms with Crippen LogP contribution >= 0.6 is 11.6 Å². The van der Waals surface area contributed by atoms with Crippen LogP contribution in [0, 0.1) is 0 Å². The van der Waals surface area contributed by atoms with E-state index in [0.29, 0.717) is 29.1 Å². The van der Waals surface area contributed by atoms with Crippen LogP contribution in [0.25, 0.3) is 11.0 Å². The fraction of sp³-hybridized carbons (Fsp3) is 0.462. The van der Waals surface area contributed by atoms with E-state index in [1.54, 1.807) is 4.68 Å². The van der Waals surface area contributed by atoms with Crippen molar-refractivity contribution < 1.29 is 14.3 Å². The van der Waals surface area contributed by atoms with Gasteiger partial charge < -0.3 is 9.47 Å². The molecule has 2 aromatic rings. The van der Waals surface area contributed by atoms with E-state index in [-0.39, 0.29) is 11.4 Å². The zero-order valence-electron chi connectivity index (χ0n) is 11.0. The summed E-state index contributed by atoms with van der Waals surface area (Å²) in [6.07, 6.45) is 3.50. The van der Waals surface area contributed by atoms with E-state index >= 15 is 0 Å². The minimum atomic E-state index is -0.197. The Hall–Kier alpha value is -1.66. The number of rotatable bonds is 3. The number of ether oxygens (including phenoxy) is 2. The predicted octanol–water partition coefficient (Wildman–Crippen LogP) is 2.60. The molecule has 1 fully saturated rings. The summed E-state index contributed by atoms with van der Waals surface area (Å²) in [6.45, 7) is 0.686. The van der Waals surface area contributed by atoms with Crippen molar-refractivity contribution in [2.24, 2.45) is 0 Å². The molecule has 20 heavy (non-hydrogen) atoms. The highest BCUT2D eigenvalue weighted by molar-refractivity contribution is 6.30. The Kier molecular flexibility index (Phi) is 3.58. The molecule has 1 atom stereocenters. The molecule has 1 aliphatic heterocycles. The molecule has 0 bridgehead atoms. The van der Waals surface area contributed by atoms with Gasteiger partial charge in [-0.05, 0) is 25.3 Å². The van der Waals surface area contributed by atoms with Gasteiger partial charge in [-0.3, -0.25) is 4.79 Å². The van der Waals surface area contributed by atoms with Gasteiger partial charge in [0, 0.05) is 12.2 Å². The zero-order valence-corrected chi connectivity index (χ0v) is 11.8. The van der Waals surface area contributed by atoms with Gasteiger partial charge >= 0.3 is 0 Å².